The maximum Gasteiger partial charge on any atom is 0.268 e. The molecular formula is C5H7N3O2S. The van der Waals surface area contributed by atoms with Gasteiger partial charge < -0.3 is 5.11 Å². The number of nitrogens with zero attached hydrogens (tertiary/aromatic N) is 1. The summed E-state index contributed by atoms with van der Waals surface area (Å²) in [4.78, 5) is 14.9. The van der Waals surface area contributed by atoms with Gasteiger partial charge in [0.1, 0.15) is 0 Å². The third-order valence-electron chi connectivity index (χ3n) is 1.11. The Hall–Kier alpha value is -0.980. The number of aliphatic hydroxyl groups excluding tert-OH is 1. The normalized spacial score (nSPS) is 12.5. The predicted molar refractivity (Wildman–Crippen MR) is 39.4 cm³/mol. The molecule has 11 heavy (non-hydrogen) atoms. The Morgan fingerprint density at radius 2 is 2.64 bits per heavy atom. The van der Waals surface area contributed by atoms with Gasteiger partial charge in [0, 0.05) is 6.20 Å². The average Bonchev–Trinajstić information content (AvgIpc) is 2.53. The van der Waals surface area contributed by atoms with E-state index in [-0.39, 0.29) is 0 Å². The molecule has 4 N–H and O–H groups in total. The highest BCUT2D eigenvalue weighted by atomic mass is 32.1. The molecule has 1 aromatic rings. The Labute approximate surface area is 66.8 Å². The third kappa shape index (κ3) is 1.73. The van der Waals surface area contributed by atoms with Gasteiger partial charge in [-0.2, -0.15) is 0 Å². The first-order chi connectivity index (χ1) is 5.25. The topological polar surface area (TPSA) is 88.2 Å². The van der Waals surface area contributed by atoms with Crippen LogP contribution in [0.1, 0.15) is 11.0 Å². The fourth-order valence-corrected chi connectivity index (χ4v) is 1.17. The summed E-state index contributed by atoms with van der Waals surface area (Å²) in [5.74, 6) is 4.17. The van der Waals surface area contributed by atoms with E-state index in [2.05, 4.69) is 4.98 Å². The molecule has 0 fully saturated rings. The van der Waals surface area contributed by atoms with Gasteiger partial charge in [-0.25, -0.2) is 5.84 Å². The smallest absolute Gasteiger partial charge is 0.268 e. The van der Waals surface area contributed by atoms with Crippen LogP contribution in [0.3, 0.4) is 0 Å². The molecule has 5 nitrogen and oxygen atoms in total. The van der Waals surface area contributed by atoms with Crippen molar-refractivity contribution in [3.8, 4) is 0 Å². The standard InChI is InChI=1S/C5H7N3O2S/c6-8-5(10)4(9)3-1-7-2-11-3/h1-2,4,9H,6H2,(H,8,10). The van der Waals surface area contributed by atoms with E-state index < -0.39 is 12.0 Å². The summed E-state index contributed by atoms with van der Waals surface area (Å²) in [7, 11) is 0. The molecule has 0 bridgehead atoms. The van der Waals surface area contributed by atoms with Crippen LogP contribution in [-0.4, -0.2) is 16.0 Å². The molecule has 0 spiro atoms. The zero-order valence-electron chi connectivity index (χ0n) is 5.52. The quantitative estimate of drug-likeness (QED) is 0.309. The minimum absolute atomic E-state index is 0.480. The molecule has 0 aromatic carbocycles. The van der Waals surface area contributed by atoms with Crippen molar-refractivity contribution in [1.29, 1.82) is 0 Å². The summed E-state index contributed by atoms with van der Waals surface area (Å²) >= 11 is 1.20. The number of carbonyl (C=O) groups is 1. The Morgan fingerprint density at radius 1 is 1.91 bits per heavy atom. The molecule has 1 heterocycles. The van der Waals surface area contributed by atoms with Crippen LogP contribution in [0.25, 0.3) is 0 Å². The number of hydrazine groups is 1. The summed E-state index contributed by atoms with van der Waals surface area (Å²) in [6, 6.07) is 0. The highest BCUT2D eigenvalue weighted by molar-refractivity contribution is 7.09. The number of nitrogens with one attached hydrogen (secondary N) is 1. The minimum atomic E-state index is -1.20. The fraction of sp³-hybridized carbons (Fsp3) is 0.200. The second-order valence-corrected chi connectivity index (χ2v) is 2.73. The lowest BCUT2D eigenvalue weighted by atomic mass is 10.3. The molecular weight excluding hydrogens is 166 g/mol. The van der Waals surface area contributed by atoms with E-state index in [1.165, 1.54) is 23.0 Å². The van der Waals surface area contributed by atoms with Crippen molar-refractivity contribution in [1.82, 2.24) is 10.4 Å². The molecule has 0 radical (unpaired) electrons. The first kappa shape index (κ1) is 8.12. The van der Waals surface area contributed by atoms with Crippen molar-refractivity contribution in [2.45, 2.75) is 6.10 Å². The molecule has 1 amide bonds. The van der Waals surface area contributed by atoms with E-state index >= 15 is 0 Å². The second kappa shape index (κ2) is 3.42. The number of carbonyl (C=O) groups excluding carboxylic acids is 1. The summed E-state index contributed by atoms with van der Waals surface area (Å²) in [5.41, 5.74) is 3.37. The second-order valence-electron chi connectivity index (χ2n) is 1.81. The average molecular weight is 173 g/mol. The van der Waals surface area contributed by atoms with Crippen LogP contribution in [0.15, 0.2) is 11.7 Å². The number of amides is 1. The van der Waals surface area contributed by atoms with E-state index in [0.29, 0.717) is 4.88 Å². The molecule has 0 aliphatic carbocycles. The summed E-state index contributed by atoms with van der Waals surface area (Å²) in [6.45, 7) is 0. The van der Waals surface area contributed by atoms with Crippen LogP contribution in [-0.2, 0) is 4.79 Å². The Balaban J connectivity index is 2.70. The van der Waals surface area contributed by atoms with Crippen LogP contribution < -0.4 is 11.3 Å². The maximum atomic E-state index is 10.7. The highest BCUT2D eigenvalue weighted by Gasteiger charge is 2.16. The molecule has 0 aliphatic heterocycles. The maximum absolute atomic E-state index is 10.7. The van der Waals surface area contributed by atoms with Gasteiger partial charge in [-0.3, -0.25) is 15.2 Å². The van der Waals surface area contributed by atoms with Gasteiger partial charge in [-0.05, 0) is 0 Å². The van der Waals surface area contributed by atoms with Crippen LogP contribution in [0, 0.1) is 0 Å². The van der Waals surface area contributed by atoms with Crippen molar-refractivity contribution in [2.75, 3.05) is 0 Å². The predicted octanol–water partition coefficient (Wildman–Crippen LogP) is -0.834. The summed E-state index contributed by atoms with van der Waals surface area (Å²) < 4.78 is 0. The highest BCUT2D eigenvalue weighted by Crippen LogP contribution is 2.15. The largest absolute Gasteiger partial charge is 0.378 e. The zero-order valence-corrected chi connectivity index (χ0v) is 6.34. The van der Waals surface area contributed by atoms with Gasteiger partial charge in [0.05, 0.1) is 10.4 Å². The van der Waals surface area contributed by atoms with Gasteiger partial charge in [0.2, 0.25) is 0 Å². The van der Waals surface area contributed by atoms with E-state index in [1.54, 1.807) is 0 Å². The number of hydrogen-bond donors (Lipinski definition) is 3. The molecule has 0 saturated carbocycles. The summed E-state index contributed by atoms with van der Waals surface area (Å²) in [6.07, 6.45) is 0.220. The van der Waals surface area contributed by atoms with E-state index in [4.69, 9.17) is 10.9 Å². The van der Waals surface area contributed by atoms with Gasteiger partial charge in [0.25, 0.3) is 5.91 Å². The Bertz CT molecular complexity index is 236. The van der Waals surface area contributed by atoms with Crippen LogP contribution >= 0.6 is 11.3 Å². The molecule has 1 atom stereocenters. The van der Waals surface area contributed by atoms with Crippen molar-refractivity contribution >= 4 is 17.2 Å². The first-order valence-electron chi connectivity index (χ1n) is 2.82. The van der Waals surface area contributed by atoms with E-state index in [0.717, 1.165) is 0 Å². The fourth-order valence-electron chi connectivity index (χ4n) is 0.569. The molecule has 60 valence electrons. The van der Waals surface area contributed by atoms with Gasteiger partial charge in [-0.15, -0.1) is 11.3 Å². The van der Waals surface area contributed by atoms with Crippen LogP contribution in [0.4, 0.5) is 0 Å². The molecule has 1 unspecified atom stereocenters. The Kier molecular flexibility index (Phi) is 2.53. The molecule has 1 aromatic heterocycles. The molecule has 0 aliphatic rings. The Morgan fingerprint density at radius 3 is 3.09 bits per heavy atom. The summed E-state index contributed by atoms with van der Waals surface area (Å²) in [5, 5.41) is 9.16. The number of thiazole rings is 1. The van der Waals surface area contributed by atoms with Gasteiger partial charge >= 0.3 is 0 Å². The van der Waals surface area contributed by atoms with E-state index in [1.807, 2.05) is 5.43 Å². The number of aliphatic hydroxyl groups is 1. The number of rotatable bonds is 2. The van der Waals surface area contributed by atoms with Gasteiger partial charge in [-0.1, -0.05) is 0 Å². The zero-order chi connectivity index (χ0) is 8.27. The third-order valence-corrected chi connectivity index (χ3v) is 1.94. The first-order valence-corrected chi connectivity index (χ1v) is 3.70. The monoisotopic (exact) mass is 173 g/mol. The lowest BCUT2D eigenvalue weighted by Crippen LogP contribution is -2.34. The van der Waals surface area contributed by atoms with Crippen molar-refractivity contribution in [2.24, 2.45) is 5.84 Å². The molecule has 0 saturated heterocycles. The minimum Gasteiger partial charge on any atom is -0.378 e. The van der Waals surface area contributed by atoms with Gasteiger partial charge in [0.15, 0.2) is 6.10 Å². The molecule has 1 rings (SSSR count). The van der Waals surface area contributed by atoms with Crippen molar-refractivity contribution in [3.63, 3.8) is 0 Å². The van der Waals surface area contributed by atoms with E-state index in [9.17, 15) is 4.79 Å². The lowest BCUT2D eigenvalue weighted by molar-refractivity contribution is -0.129. The number of nitrogens with two attached hydrogens (primary N) is 1. The van der Waals surface area contributed by atoms with Crippen LogP contribution in [0.2, 0.25) is 0 Å². The lowest BCUT2D eigenvalue weighted by Gasteiger charge is -2.03. The molecule has 6 heteroatoms. The SMILES string of the molecule is NNC(=O)C(O)c1cncs1. The number of aromatic nitrogens is 1. The van der Waals surface area contributed by atoms with Crippen LogP contribution in [0.5, 0.6) is 0 Å². The van der Waals surface area contributed by atoms with Crippen molar-refractivity contribution in [3.05, 3.63) is 16.6 Å². The number of hydrogen-bond acceptors (Lipinski definition) is 5. The van der Waals surface area contributed by atoms with Crippen molar-refractivity contribution < 1.29 is 9.90 Å².